The van der Waals surface area contributed by atoms with Crippen LogP contribution in [-0.2, 0) is 6.54 Å². The third-order valence-electron chi connectivity index (χ3n) is 4.90. The van der Waals surface area contributed by atoms with Crippen LogP contribution >= 0.6 is 35.5 Å². The van der Waals surface area contributed by atoms with Crippen molar-refractivity contribution in [3.8, 4) is 0 Å². The van der Waals surface area contributed by atoms with Crippen molar-refractivity contribution in [3.05, 3.63) is 34.3 Å². The predicted octanol–water partition coefficient (Wildman–Crippen LogP) is 2.81. The van der Waals surface area contributed by atoms with Crippen LogP contribution in [0.15, 0.2) is 23.0 Å². The van der Waals surface area contributed by atoms with Crippen LogP contribution in [0.3, 0.4) is 0 Å². The predicted molar refractivity (Wildman–Crippen MR) is 94.3 cm³/mol. The van der Waals surface area contributed by atoms with E-state index in [0.717, 1.165) is 31.2 Å². The van der Waals surface area contributed by atoms with Crippen LogP contribution in [0.4, 0.5) is 0 Å². The summed E-state index contributed by atoms with van der Waals surface area (Å²) in [6, 6.07) is 2.45. The molecule has 124 valence electrons. The molecule has 5 nitrogen and oxygen atoms in total. The Bertz CT molecular complexity index is 641. The molecule has 1 saturated carbocycles. The number of hydrogen-bond donors (Lipinski definition) is 1. The van der Waals surface area contributed by atoms with Crippen LogP contribution in [0, 0.1) is 5.41 Å². The van der Waals surface area contributed by atoms with E-state index in [1.165, 1.54) is 18.4 Å². The van der Waals surface area contributed by atoms with Gasteiger partial charge in [-0.25, -0.2) is 0 Å². The first-order valence-corrected chi connectivity index (χ1v) is 9.26. The molecule has 0 bridgehead atoms. The molecule has 1 aliphatic carbocycles. The molecule has 8 heteroatoms. The summed E-state index contributed by atoms with van der Waals surface area (Å²) >= 11 is 2.77. The smallest absolute Gasteiger partial charge is 0.275 e. The SMILES string of the molecule is Cl.O=C(c1cnsn1)N(Cc1ccsc1)C1CC12CCNCC2. The van der Waals surface area contributed by atoms with Crippen molar-refractivity contribution in [2.75, 3.05) is 13.1 Å². The molecule has 1 saturated heterocycles. The third kappa shape index (κ3) is 3.28. The third-order valence-corrected chi connectivity index (χ3v) is 6.11. The molecule has 1 aliphatic heterocycles. The van der Waals surface area contributed by atoms with Gasteiger partial charge >= 0.3 is 0 Å². The lowest BCUT2D eigenvalue weighted by molar-refractivity contribution is 0.0687. The van der Waals surface area contributed by atoms with Gasteiger partial charge in [0.25, 0.3) is 5.91 Å². The molecule has 2 aliphatic rings. The second kappa shape index (κ2) is 6.84. The van der Waals surface area contributed by atoms with E-state index in [2.05, 4.69) is 30.9 Å². The van der Waals surface area contributed by atoms with Crippen molar-refractivity contribution >= 4 is 41.4 Å². The molecule has 0 radical (unpaired) electrons. The van der Waals surface area contributed by atoms with Crippen molar-refractivity contribution in [3.63, 3.8) is 0 Å². The van der Waals surface area contributed by atoms with Gasteiger partial charge in [0.2, 0.25) is 0 Å². The highest BCUT2D eigenvalue weighted by Crippen LogP contribution is 2.56. The summed E-state index contributed by atoms with van der Waals surface area (Å²) in [6.07, 6.45) is 5.05. The van der Waals surface area contributed by atoms with Crippen LogP contribution in [0.1, 0.15) is 35.3 Å². The van der Waals surface area contributed by atoms with Crippen LogP contribution in [-0.4, -0.2) is 38.7 Å². The van der Waals surface area contributed by atoms with Crippen molar-refractivity contribution < 1.29 is 4.79 Å². The number of halogens is 1. The molecule has 1 atom stereocenters. The molecular weight excluding hydrogens is 352 g/mol. The second-order valence-electron chi connectivity index (χ2n) is 6.19. The molecule has 2 aromatic rings. The summed E-state index contributed by atoms with van der Waals surface area (Å²) in [5.74, 6) is 0.0281. The zero-order valence-electron chi connectivity index (χ0n) is 12.6. The van der Waals surface area contributed by atoms with Crippen molar-refractivity contribution in [1.82, 2.24) is 19.0 Å². The van der Waals surface area contributed by atoms with Crippen LogP contribution in [0.2, 0.25) is 0 Å². The maximum atomic E-state index is 12.9. The Hall–Kier alpha value is -1.02. The second-order valence-corrected chi connectivity index (χ2v) is 7.53. The highest BCUT2D eigenvalue weighted by atomic mass is 35.5. The van der Waals surface area contributed by atoms with Crippen LogP contribution in [0.25, 0.3) is 0 Å². The van der Waals surface area contributed by atoms with E-state index in [4.69, 9.17) is 0 Å². The van der Waals surface area contributed by atoms with Gasteiger partial charge in [-0.15, -0.1) is 12.4 Å². The van der Waals surface area contributed by atoms with Gasteiger partial charge in [0, 0.05) is 12.6 Å². The van der Waals surface area contributed by atoms with E-state index in [9.17, 15) is 4.79 Å². The number of rotatable bonds is 4. The van der Waals surface area contributed by atoms with Crippen LogP contribution in [0.5, 0.6) is 0 Å². The van der Waals surface area contributed by atoms with Gasteiger partial charge in [-0.05, 0) is 60.2 Å². The molecule has 23 heavy (non-hydrogen) atoms. The van der Waals surface area contributed by atoms with Gasteiger partial charge in [0.1, 0.15) is 0 Å². The summed E-state index contributed by atoms with van der Waals surface area (Å²) < 4.78 is 8.12. The molecule has 3 heterocycles. The molecule has 2 fully saturated rings. The number of amides is 1. The molecule has 1 unspecified atom stereocenters. The lowest BCUT2D eigenvalue weighted by Crippen LogP contribution is -2.39. The average molecular weight is 371 g/mol. The monoisotopic (exact) mass is 370 g/mol. The zero-order valence-corrected chi connectivity index (χ0v) is 15.1. The molecule has 1 spiro atoms. The van der Waals surface area contributed by atoms with Gasteiger partial charge in [-0.3, -0.25) is 4.79 Å². The van der Waals surface area contributed by atoms with Crippen molar-refractivity contribution in [2.45, 2.75) is 31.8 Å². The first-order chi connectivity index (χ1) is 10.8. The lowest BCUT2D eigenvalue weighted by atomic mass is 9.93. The fourth-order valence-electron chi connectivity index (χ4n) is 3.54. The number of carbonyl (C=O) groups is 1. The van der Waals surface area contributed by atoms with E-state index in [-0.39, 0.29) is 18.3 Å². The molecule has 1 N–H and O–H groups in total. The largest absolute Gasteiger partial charge is 0.329 e. The number of carbonyl (C=O) groups excluding carboxylic acids is 1. The molecule has 4 rings (SSSR count). The Kier molecular flexibility index (Phi) is 5.01. The maximum Gasteiger partial charge on any atom is 0.275 e. The minimum atomic E-state index is 0. The van der Waals surface area contributed by atoms with E-state index in [1.807, 2.05) is 4.90 Å². The lowest BCUT2D eigenvalue weighted by Gasteiger charge is -2.29. The Morgan fingerprint density at radius 2 is 2.26 bits per heavy atom. The summed E-state index contributed by atoms with van der Waals surface area (Å²) in [6.45, 7) is 2.81. The first-order valence-electron chi connectivity index (χ1n) is 7.59. The average Bonchev–Trinajstić information content (AvgIpc) is 3.02. The van der Waals surface area contributed by atoms with Gasteiger partial charge in [0.15, 0.2) is 5.69 Å². The molecular formula is C15H19ClN4OS2. The summed E-state index contributed by atoms with van der Waals surface area (Å²) in [7, 11) is 0. The summed E-state index contributed by atoms with van der Waals surface area (Å²) in [5, 5.41) is 7.61. The molecule has 1 amide bonds. The summed E-state index contributed by atoms with van der Waals surface area (Å²) in [4.78, 5) is 14.9. The minimum Gasteiger partial charge on any atom is -0.329 e. The van der Waals surface area contributed by atoms with Gasteiger partial charge in [-0.1, -0.05) is 0 Å². The van der Waals surface area contributed by atoms with E-state index in [1.54, 1.807) is 17.5 Å². The van der Waals surface area contributed by atoms with Crippen molar-refractivity contribution in [2.24, 2.45) is 5.41 Å². The number of nitrogens with zero attached hydrogens (tertiary/aromatic N) is 3. The number of piperidine rings is 1. The Morgan fingerprint density at radius 1 is 1.43 bits per heavy atom. The number of hydrogen-bond acceptors (Lipinski definition) is 6. The molecule has 2 aromatic heterocycles. The normalized spacial score (nSPS) is 21.7. The van der Waals surface area contributed by atoms with Crippen molar-refractivity contribution in [1.29, 1.82) is 0 Å². The first kappa shape index (κ1) is 16.8. The quantitative estimate of drug-likeness (QED) is 0.899. The highest BCUT2D eigenvalue weighted by Gasteiger charge is 2.57. The number of aromatic nitrogens is 2. The zero-order chi connectivity index (χ0) is 15.0. The standard InChI is InChI=1S/C15H18N4OS2.ClH/c20-14(12-8-17-22-18-12)19(9-11-1-6-21-10-11)13-7-15(13)2-4-16-5-3-15;/h1,6,8,10,13,16H,2-5,7,9H2;1H. The van der Waals surface area contributed by atoms with E-state index < -0.39 is 0 Å². The molecule has 0 aromatic carbocycles. The Morgan fingerprint density at radius 3 is 2.91 bits per heavy atom. The minimum absolute atomic E-state index is 0. The maximum absolute atomic E-state index is 12.9. The van der Waals surface area contributed by atoms with Gasteiger partial charge in [-0.2, -0.15) is 20.1 Å². The van der Waals surface area contributed by atoms with Gasteiger partial charge in [0.05, 0.1) is 17.9 Å². The van der Waals surface area contributed by atoms with E-state index in [0.29, 0.717) is 23.7 Å². The van der Waals surface area contributed by atoms with Crippen LogP contribution < -0.4 is 5.32 Å². The number of thiophene rings is 1. The Labute approximate surface area is 149 Å². The topological polar surface area (TPSA) is 58.1 Å². The fraction of sp³-hybridized carbons (Fsp3) is 0.533. The number of nitrogens with one attached hydrogen (secondary N) is 1. The fourth-order valence-corrected chi connectivity index (χ4v) is 4.60. The summed E-state index contributed by atoms with van der Waals surface area (Å²) in [5.41, 5.74) is 2.02. The Balaban J connectivity index is 0.00000156. The van der Waals surface area contributed by atoms with E-state index >= 15 is 0 Å². The highest BCUT2D eigenvalue weighted by molar-refractivity contribution is 7.07. The van der Waals surface area contributed by atoms with Gasteiger partial charge < -0.3 is 10.2 Å².